The highest BCUT2D eigenvalue weighted by Gasteiger charge is 2.47. The fourth-order valence-electron chi connectivity index (χ4n) is 3.90. The van der Waals surface area contributed by atoms with E-state index in [9.17, 15) is 14.4 Å². The Kier molecular flexibility index (Phi) is 5.97. The molecule has 0 bridgehead atoms. The molecule has 1 aliphatic carbocycles. The van der Waals surface area contributed by atoms with Crippen molar-refractivity contribution in [1.82, 2.24) is 0 Å². The fraction of sp³-hybridized carbons (Fsp3) is 0.261. The van der Waals surface area contributed by atoms with Gasteiger partial charge in [0.1, 0.15) is 0 Å². The Morgan fingerprint density at radius 1 is 1.07 bits per heavy atom. The van der Waals surface area contributed by atoms with Gasteiger partial charge in [-0.1, -0.05) is 23.8 Å². The first-order valence-corrected chi connectivity index (χ1v) is 11.1. The molecule has 2 aromatic carbocycles. The van der Waals surface area contributed by atoms with E-state index in [0.717, 1.165) is 10.5 Å². The van der Waals surface area contributed by atoms with Crippen molar-refractivity contribution in [2.24, 2.45) is 11.8 Å². The molecule has 1 heterocycles. The Balaban J connectivity index is 1.36. The first kappa shape index (κ1) is 20.7. The minimum Gasteiger partial charge on any atom is -0.325 e. The van der Waals surface area contributed by atoms with Crippen LogP contribution in [0.25, 0.3) is 0 Å². The minimum atomic E-state index is -0.240. The molecule has 0 aromatic heterocycles. The number of nitrogens with one attached hydrogen (secondary N) is 1. The van der Waals surface area contributed by atoms with Gasteiger partial charge in [0.2, 0.25) is 17.7 Å². The molecule has 1 N–H and O–H groups in total. The summed E-state index contributed by atoms with van der Waals surface area (Å²) in [5.74, 6) is -0.614. The molecule has 154 valence electrons. The van der Waals surface area contributed by atoms with Crippen LogP contribution in [0.1, 0.15) is 18.4 Å². The molecule has 30 heavy (non-hydrogen) atoms. The summed E-state index contributed by atoms with van der Waals surface area (Å²) in [4.78, 5) is 39.8. The molecule has 0 unspecified atom stereocenters. The number of allylic oxidation sites excluding steroid dienone is 2. The van der Waals surface area contributed by atoms with Gasteiger partial charge in [-0.25, -0.2) is 0 Å². The molecule has 2 aliphatic rings. The number of carbonyl (C=O) groups is 3. The monoisotopic (exact) mass is 440 g/mol. The summed E-state index contributed by atoms with van der Waals surface area (Å²) in [6, 6.07) is 12.6. The van der Waals surface area contributed by atoms with Crippen LogP contribution in [0, 0.1) is 18.8 Å². The number of thioether (sulfide) groups is 1. The maximum atomic E-state index is 12.7. The Bertz CT molecular complexity index is 989. The molecule has 5 nitrogen and oxygen atoms in total. The molecule has 1 aliphatic heterocycles. The Hall–Kier alpha value is -2.57. The van der Waals surface area contributed by atoms with Gasteiger partial charge >= 0.3 is 0 Å². The summed E-state index contributed by atoms with van der Waals surface area (Å²) in [6.07, 6.45) is 5.21. The van der Waals surface area contributed by atoms with Crippen molar-refractivity contribution in [3.05, 3.63) is 65.2 Å². The lowest BCUT2D eigenvalue weighted by atomic mass is 9.85. The average molecular weight is 441 g/mol. The topological polar surface area (TPSA) is 66.5 Å². The predicted molar refractivity (Wildman–Crippen MR) is 120 cm³/mol. The number of fused-ring (bicyclic) bond motifs is 1. The largest absolute Gasteiger partial charge is 0.325 e. The Morgan fingerprint density at radius 3 is 2.30 bits per heavy atom. The Labute approximate surface area is 184 Å². The lowest BCUT2D eigenvalue weighted by Crippen LogP contribution is -2.30. The molecule has 1 fully saturated rings. The zero-order chi connectivity index (χ0) is 21.3. The number of amides is 3. The molecule has 7 heteroatoms. The first-order chi connectivity index (χ1) is 14.4. The maximum Gasteiger partial charge on any atom is 0.238 e. The van der Waals surface area contributed by atoms with Gasteiger partial charge in [-0.3, -0.25) is 19.3 Å². The lowest BCUT2D eigenvalue weighted by molar-refractivity contribution is -0.122. The zero-order valence-corrected chi connectivity index (χ0v) is 18.0. The number of anilines is 2. The summed E-state index contributed by atoms with van der Waals surface area (Å²) in [5, 5.41) is 3.42. The van der Waals surface area contributed by atoms with Gasteiger partial charge in [0.05, 0.1) is 23.3 Å². The van der Waals surface area contributed by atoms with Crippen molar-refractivity contribution >= 4 is 52.5 Å². The lowest BCUT2D eigenvalue weighted by Gasteiger charge is -2.15. The Morgan fingerprint density at radius 2 is 1.70 bits per heavy atom. The summed E-state index contributed by atoms with van der Waals surface area (Å²) in [6.45, 7) is 1.92. The van der Waals surface area contributed by atoms with Gasteiger partial charge in [0.25, 0.3) is 0 Å². The van der Waals surface area contributed by atoms with E-state index >= 15 is 0 Å². The van der Waals surface area contributed by atoms with Crippen LogP contribution >= 0.6 is 23.4 Å². The van der Waals surface area contributed by atoms with Crippen LogP contribution in [0.4, 0.5) is 11.4 Å². The molecular weight excluding hydrogens is 420 g/mol. The quantitative estimate of drug-likeness (QED) is 0.410. The molecule has 2 aromatic rings. The maximum absolute atomic E-state index is 12.7. The van der Waals surface area contributed by atoms with Crippen molar-refractivity contribution in [2.75, 3.05) is 16.0 Å². The zero-order valence-electron chi connectivity index (χ0n) is 16.4. The second-order valence-corrected chi connectivity index (χ2v) is 9.00. The fourth-order valence-corrected chi connectivity index (χ4v) is 4.89. The number of carbonyl (C=O) groups excluding carboxylic acids is 3. The van der Waals surface area contributed by atoms with Crippen LogP contribution < -0.4 is 10.2 Å². The number of aryl methyl sites for hydroxylation is 1. The van der Waals surface area contributed by atoms with E-state index in [-0.39, 0.29) is 35.3 Å². The molecule has 2 atom stereocenters. The standard InChI is InChI=1S/C23H21ClN2O3S/c1-14-10-15(24)12-16(11-14)25-21(27)13-30-18-8-6-17(7-9-18)26-22(28)19-4-2-3-5-20(19)23(26)29/h2-3,6-12,19-20H,4-5,13H2,1H3,(H,25,27)/t19-,20-/m0/s1. The third-order valence-electron chi connectivity index (χ3n) is 5.30. The van der Waals surface area contributed by atoms with E-state index in [1.54, 1.807) is 18.2 Å². The van der Waals surface area contributed by atoms with E-state index < -0.39 is 0 Å². The van der Waals surface area contributed by atoms with Gasteiger partial charge < -0.3 is 5.32 Å². The van der Waals surface area contributed by atoms with Crippen molar-refractivity contribution in [3.8, 4) is 0 Å². The molecule has 0 saturated carbocycles. The number of rotatable bonds is 5. The first-order valence-electron chi connectivity index (χ1n) is 9.75. The highest BCUT2D eigenvalue weighted by Crippen LogP contribution is 2.38. The van der Waals surface area contributed by atoms with Crippen LogP contribution in [0.15, 0.2) is 59.5 Å². The molecule has 4 rings (SSSR count). The number of halogens is 1. The van der Waals surface area contributed by atoms with Crippen molar-refractivity contribution in [2.45, 2.75) is 24.7 Å². The van der Waals surface area contributed by atoms with E-state index in [1.165, 1.54) is 16.7 Å². The van der Waals surface area contributed by atoms with Crippen molar-refractivity contribution < 1.29 is 14.4 Å². The smallest absolute Gasteiger partial charge is 0.238 e. The summed E-state index contributed by atoms with van der Waals surface area (Å²) in [5.41, 5.74) is 2.23. The van der Waals surface area contributed by atoms with Crippen LogP contribution in [0.2, 0.25) is 5.02 Å². The molecule has 3 amide bonds. The molecule has 0 radical (unpaired) electrons. The van der Waals surface area contributed by atoms with Crippen LogP contribution in [-0.4, -0.2) is 23.5 Å². The van der Waals surface area contributed by atoms with Gasteiger partial charge in [0, 0.05) is 15.6 Å². The predicted octanol–water partition coefficient (Wildman–Crippen LogP) is 4.83. The van der Waals surface area contributed by atoms with Gasteiger partial charge in [-0.2, -0.15) is 0 Å². The third kappa shape index (κ3) is 4.30. The highest BCUT2D eigenvalue weighted by atomic mass is 35.5. The summed E-state index contributed by atoms with van der Waals surface area (Å²) >= 11 is 7.41. The summed E-state index contributed by atoms with van der Waals surface area (Å²) < 4.78 is 0. The third-order valence-corrected chi connectivity index (χ3v) is 6.53. The van der Waals surface area contributed by atoms with Gasteiger partial charge in [0.15, 0.2) is 0 Å². The van der Waals surface area contributed by atoms with E-state index in [0.29, 0.717) is 29.2 Å². The second kappa shape index (κ2) is 8.66. The molecule has 0 spiro atoms. The molecule has 1 saturated heterocycles. The van der Waals surface area contributed by atoms with Gasteiger partial charge in [-0.05, 0) is 67.8 Å². The second-order valence-electron chi connectivity index (χ2n) is 7.52. The van der Waals surface area contributed by atoms with Crippen LogP contribution in [0.5, 0.6) is 0 Å². The van der Waals surface area contributed by atoms with Crippen LogP contribution in [0.3, 0.4) is 0 Å². The number of imide groups is 1. The minimum absolute atomic E-state index is 0.119. The molecular formula is C23H21ClN2O3S. The number of benzene rings is 2. The normalized spacial score (nSPS) is 20.4. The SMILES string of the molecule is Cc1cc(Cl)cc(NC(=O)CSc2ccc(N3C(=O)[C@H]4CC=CC[C@@H]4C3=O)cc2)c1. The van der Waals surface area contributed by atoms with Crippen molar-refractivity contribution in [3.63, 3.8) is 0 Å². The average Bonchev–Trinajstić information content (AvgIpc) is 2.97. The van der Waals surface area contributed by atoms with Crippen molar-refractivity contribution in [1.29, 1.82) is 0 Å². The highest BCUT2D eigenvalue weighted by molar-refractivity contribution is 8.00. The van der Waals surface area contributed by atoms with E-state index in [2.05, 4.69) is 5.32 Å². The van der Waals surface area contributed by atoms with E-state index in [1.807, 2.05) is 43.3 Å². The number of hydrogen-bond acceptors (Lipinski definition) is 4. The number of nitrogens with zero attached hydrogens (tertiary/aromatic N) is 1. The van der Waals surface area contributed by atoms with Gasteiger partial charge in [-0.15, -0.1) is 11.8 Å². The van der Waals surface area contributed by atoms with Crippen LogP contribution in [-0.2, 0) is 14.4 Å². The summed E-state index contributed by atoms with van der Waals surface area (Å²) in [7, 11) is 0. The number of hydrogen-bond donors (Lipinski definition) is 1. The van der Waals surface area contributed by atoms with E-state index in [4.69, 9.17) is 11.6 Å².